The molecule has 0 N–H and O–H groups in total. The average Bonchev–Trinajstić information content (AvgIpc) is 2.78. The summed E-state index contributed by atoms with van der Waals surface area (Å²) in [5.74, 6) is 1.71. The van der Waals surface area contributed by atoms with Gasteiger partial charge in [0.1, 0.15) is 5.75 Å². The third-order valence-electron chi connectivity index (χ3n) is 6.12. The predicted octanol–water partition coefficient (Wildman–Crippen LogP) is 7.02. The lowest BCUT2D eigenvalue weighted by Crippen LogP contribution is -2.13. The van der Waals surface area contributed by atoms with Crippen molar-refractivity contribution in [2.45, 2.75) is 70.6 Å². The van der Waals surface area contributed by atoms with Crippen molar-refractivity contribution in [3.63, 3.8) is 0 Å². The summed E-state index contributed by atoms with van der Waals surface area (Å²) in [5, 5.41) is 8.84. The van der Waals surface area contributed by atoms with Crippen molar-refractivity contribution in [1.82, 2.24) is 0 Å². The molecule has 0 spiro atoms. The van der Waals surface area contributed by atoms with Gasteiger partial charge in [-0.1, -0.05) is 51.2 Å². The van der Waals surface area contributed by atoms with E-state index >= 15 is 0 Å². The fraction of sp³-hybridized carbons (Fsp3) is 0.462. The van der Waals surface area contributed by atoms with Crippen LogP contribution in [0.1, 0.15) is 92.1 Å². The van der Waals surface area contributed by atoms with Gasteiger partial charge in [-0.05, 0) is 79.5 Å². The molecule has 29 heavy (non-hydrogen) atoms. The van der Waals surface area contributed by atoms with Crippen molar-refractivity contribution in [3.8, 4) is 11.8 Å². The number of carbonyl (C=O) groups excluding carboxylic acids is 1. The van der Waals surface area contributed by atoms with Crippen molar-refractivity contribution in [2.75, 3.05) is 0 Å². The predicted molar refractivity (Wildman–Crippen MR) is 116 cm³/mol. The molecule has 2 aromatic carbocycles. The van der Waals surface area contributed by atoms with Gasteiger partial charge in [0.15, 0.2) is 0 Å². The molecule has 0 radical (unpaired) electrons. The minimum Gasteiger partial charge on any atom is -0.423 e. The van der Waals surface area contributed by atoms with Crippen LogP contribution in [0.15, 0.2) is 48.5 Å². The molecule has 2 aromatic rings. The van der Waals surface area contributed by atoms with E-state index in [0.717, 1.165) is 5.92 Å². The zero-order valence-corrected chi connectivity index (χ0v) is 17.4. The second-order valence-corrected chi connectivity index (χ2v) is 8.21. The van der Waals surface area contributed by atoms with Crippen LogP contribution in [-0.4, -0.2) is 5.97 Å². The fourth-order valence-electron chi connectivity index (χ4n) is 4.30. The number of rotatable bonds is 8. The molecule has 0 heterocycles. The van der Waals surface area contributed by atoms with Gasteiger partial charge in [0.2, 0.25) is 0 Å². The van der Waals surface area contributed by atoms with Crippen molar-refractivity contribution < 1.29 is 9.53 Å². The summed E-state index contributed by atoms with van der Waals surface area (Å²) in [5.41, 5.74) is 2.33. The maximum absolute atomic E-state index is 12.3. The van der Waals surface area contributed by atoms with Gasteiger partial charge in [-0.25, -0.2) is 4.79 Å². The molecule has 3 nitrogen and oxygen atoms in total. The summed E-state index contributed by atoms with van der Waals surface area (Å²) >= 11 is 0. The van der Waals surface area contributed by atoms with Gasteiger partial charge in [-0.2, -0.15) is 5.26 Å². The highest BCUT2D eigenvalue weighted by Crippen LogP contribution is 2.38. The minimum atomic E-state index is -0.397. The van der Waals surface area contributed by atoms with Crippen LogP contribution in [0.2, 0.25) is 0 Å². The molecule has 152 valence electrons. The smallest absolute Gasteiger partial charge is 0.343 e. The van der Waals surface area contributed by atoms with Crippen LogP contribution in [0.5, 0.6) is 5.75 Å². The Bertz CT molecular complexity index is 809. The Labute approximate surface area is 174 Å². The van der Waals surface area contributed by atoms with E-state index in [9.17, 15) is 4.79 Å². The van der Waals surface area contributed by atoms with E-state index in [1.807, 2.05) is 18.2 Å². The maximum Gasteiger partial charge on any atom is 0.343 e. The maximum atomic E-state index is 12.3. The Balaban J connectivity index is 1.47. The molecule has 1 fully saturated rings. The van der Waals surface area contributed by atoms with E-state index in [1.54, 1.807) is 24.3 Å². The Kier molecular flexibility index (Phi) is 7.87. The lowest BCUT2D eigenvalue weighted by atomic mass is 9.77. The van der Waals surface area contributed by atoms with Crippen LogP contribution in [0, 0.1) is 17.2 Å². The molecule has 0 bridgehead atoms. The summed E-state index contributed by atoms with van der Waals surface area (Å²) in [6.07, 6.45) is 12.1. The number of hydrogen-bond donors (Lipinski definition) is 0. The Morgan fingerprint density at radius 2 is 1.66 bits per heavy atom. The summed E-state index contributed by atoms with van der Waals surface area (Å²) in [6.45, 7) is 2.27. The third kappa shape index (κ3) is 6.19. The monoisotopic (exact) mass is 389 g/mol. The zero-order chi connectivity index (χ0) is 20.5. The van der Waals surface area contributed by atoms with Gasteiger partial charge in [0, 0.05) is 0 Å². The summed E-state index contributed by atoms with van der Waals surface area (Å²) in [4.78, 5) is 12.3. The van der Waals surface area contributed by atoms with E-state index in [1.165, 1.54) is 63.4 Å². The SMILES string of the molecule is CCCCCCC1CCC(c2ccc(OC(=O)c3ccc(C#N)cc3)cc2)CC1. The normalized spacial score (nSPS) is 18.8. The van der Waals surface area contributed by atoms with Crippen LogP contribution >= 0.6 is 0 Å². The topological polar surface area (TPSA) is 50.1 Å². The van der Waals surface area contributed by atoms with E-state index in [2.05, 4.69) is 19.1 Å². The fourth-order valence-corrected chi connectivity index (χ4v) is 4.30. The molecule has 3 rings (SSSR count). The highest BCUT2D eigenvalue weighted by Gasteiger charge is 2.22. The van der Waals surface area contributed by atoms with Crippen molar-refractivity contribution in [1.29, 1.82) is 5.26 Å². The number of carbonyl (C=O) groups is 1. The Morgan fingerprint density at radius 3 is 2.28 bits per heavy atom. The molecule has 1 aliphatic carbocycles. The van der Waals surface area contributed by atoms with Crippen molar-refractivity contribution in [3.05, 3.63) is 65.2 Å². The van der Waals surface area contributed by atoms with Gasteiger partial charge in [-0.15, -0.1) is 0 Å². The van der Waals surface area contributed by atoms with E-state index in [0.29, 0.717) is 22.8 Å². The minimum absolute atomic E-state index is 0.397. The van der Waals surface area contributed by atoms with E-state index in [-0.39, 0.29) is 0 Å². The highest BCUT2D eigenvalue weighted by molar-refractivity contribution is 5.91. The number of unbranched alkanes of at least 4 members (excludes halogenated alkanes) is 3. The summed E-state index contributed by atoms with van der Waals surface area (Å²) < 4.78 is 5.48. The molecule has 1 aliphatic rings. The van der Waals surface area contributed by atoms with E-state index < -0.39 is 5.97 Å². The first-order chi connectivity index (χ1) is 14.2. The molecule has 1 saturated carbocycles. The number of benzene rings is 2. The van der Waals surface area contributed by atoms with Gasteiger partial charge in [-0.3, -0.25) is 0 Å². The Hall–Kier alpha value is -2.60. The van der Waals surface area contributed by atoms with Gasteiger partial charge in [0.25, 0.3) is 0 Å². The number of hydrogen-bond acceptors (Lipinski definition) is 3. The van der Waals surface area contributed by atoms with Crippen LogP contribution in [0.25, 0.3) is 0 Å². The Morgan fingerprint density at radius 1 is 0.966 bits per heavy atom. The third-order valence-corrected chi connectivity index (χ3v) is 6.12. The molecular formula is C26H31NO2. The van der Waals surface area contributed by atoms with Crippen molar-refractivity contribution >= 4 is 5.97 Å². The quantitative estimate of drug-likeness (QED) is 0.277. The van der Waals surface area contributed by atoms with Crippen molar-refractivity contribution in [2.24, 2.45) is 5.92 Å². The molecule has 0 atom stereocenters. The second-order valence-electron chi connectivity index (χ2n) is 8.21. The van der Waals surface area contributed by atoms with Crippen LogP contribution < -0.4 is 4.74 Å². The molecular weight excluding hydrogens is 358 g/mol. The van der Waals surface area contributed by atoms with Gasteiger partial charge in [0.05, 0.1) is 17.2 Å². The highest BCUT2D eigenvalue weighted by atomic mass is 16.5. The number of nitriles is 1. The molecule has 0 amide bonds. The van der Waals surface area contributed by atoms with Crippen LogP contribution in [0.4, 0.5) is 0 Å². The lowest BCUT2D eigenvalue weighted by molar-refractivity contribution is 0.0734. The first kappa shape index (κ1) is 21.1. The average molecular weight is 390 g/mol. The number of esters is 1. The standard InChI is InChI=1S/C26H31NO2/c1-2-3-4-5-6-20-7-11-22(12-8-20)23-15-17-25(18-16-23)29-26(28)24-13-9-21(19-27)10-14-24/h9-10,13-18,20,22H,2-8,11-12H2,1H3. The second kappa shape index (κ2) is 10.8. The first-order valence-electron chi connectivity index (χ1n) is 11.0. The molecule has 0 aliphatic heterocycles. The first-order valence-corrected chi connectivity index (χ1v) is 11.0. The van der Waals surface area contributed by atoms with Crippen LogP contribution in [0.3, 0.4) is 0 Å². The summed E-state index contributed by atoms with van der Waals surface area (Å²) in [6, 6.07) is 16.5. The molecule has 0 saturated heterocycles. The number of nitrogens with zero attached hydrogens (tertiary/aromatic N) is 1. The lowest BCUT2D eigenvalue weighted by Gasteiger charge is -2.29. The zero-order valence-electron chi connectivity index (χ0n) is 17.4. The number of ether oxygens (including phenoxy) is 1. The largest absolute Gasteiger partial charge is 0.423 e. The molecule has 0 aromatic heterocycles. The van der Waals surface area contributed by atoms with E-state index in [4.69, 9.17) is 10.00 Å². The summed E-state index contributed by atoms with van der Waals surface area (Å²) in [7, 11) is 0. The van der Waals surface area contributed by atoms with Crippen LogP contribution in [-0.2, 0) is 0 Å². The van der Waals surface area contributed by atoms with Gasteiger partial charge < -0.3 is 4.74 Å². The molecule has 0 unspecified atom stereocenters. The molecule has 3 heteroatoms. The van der Waals surface area contributed by atoms with Gasteiger partial charge >= 0.3 is 5.97 Å².